The summed E-state index contributed by atoms with van der Waals surface area (Å²) in [6, 6.07) is 15.5. The van der Waals surface area contributed by atoms with Crippen molar-refractivity contribution >= 4 is 29.6 Å². The number of imidazole rings is 1. The average Bonchev–Trinajstić information content (AvgIpc) is 4.03. The van der Waals surface area contributed by atoms with Gasteiger partial charge < -0.3 is 39.8 Å². The third-order valence-electron chi connectivity index (χ3n) is 12.8. The molecule has 0 saturated carbocycles. The number of hydrogen-bond acceptors (Lipinski definition) is 12. The molecule has 2 fully saturated rings. The van der Waals surface area contributed by atoms with Gasteiger partial charge in [-0.2, -0.15) is 10.4 Å². The van der Waals surface area contributed by atoms with Crippen LogP contribution in [0.3, 0.4) is 0 Å². The number of nitrogen functional groups attached to an aromatic ring is 1. The van der Waals surface area contributed by atoms with E-state index in [0.717, 1.165) is 94.8 Å². The highest BCUT2D eigenvalue weighted by Crippen LogP contribution is 2.34. The van der Waals surface area contributed by atoms with Gasteiger partial charge in [0, 0.05) is 107 Å². The monoisotopic (exact) mass is 870 g/mol. The molecule has 6 heterocycles. The van der Waals surface area contributed by atoms with Crippen molar-refractivity contribution in [3.63, 3.8) is 0 Å². The van der Waals surface area contributed by atoms with Crippen molar-refractivity contribution in [2.75, 3.05) is 70.0 Å². The molecule has 0 spiro atoms. The minimum atomic E-state index is -0.666. The van der Waals surface area contributed by atoms with E-state index in [-0.39, 0.29) is 35.6 Å². The zero-order valence-corrected chi connectivity index (χ0v) is 36.4. The van der Waals surface area contributed by atoms with E-state index in [9.17, 15) is 24.0 Å². The Hall–Kier alpha value is -6.64. The summed E-state index contributed by atoms with van der Waals surface area (Å²) in [7, 11) is 1.55. The summed E-state index contributed by atoms with van der Waals surface area (Å²) in [5.41, 5.74) is 11.9. The molecule has 3 aliphatic heterocycles. The number of likely N-dealkylation sites (N-methyl/N-ethyl adjacent to an activating group) is 1. The number of nitriles is 1. The van der Waals surface area contributed by atoms with E-state index in [4.69, 9.17) is 10.5 Å². The number of fused-ring (bicyclic) bond motifs is 1. The number of nitrogens with one attached hydrogen (secondary N) is 1. The highest BCUT2D eigenvalue weighted by molar-refractivity contribution is 6.01. The first-order valence-electron chi connectivity index (χ1n) is 22.0. The quantitative estimate of drug-likeness (QED) is 0.125. The van der Waals surface area contributed by atoms with Crippen LogP contribution in [0.1, 0.15) is 71.5 Å². The molecule has 16 nitrogen and oxygen atoms in total. The smallest absolute Gasteiger partial charge is 0.255 e. The summed E-state index contributed by atoms with van der Waals surface area (Å²) in [5.74, 6) is 0.378. The fourth-order valence-corrected chi connectivity index (χ4v) is 9.17. The molecule has 64 heavy (non-hydrogen) atoms. The molecule has 3 aromatic heterocycles. The molecular weight excluding hydrogens is 816 g/mol. The number of hydrogen-bond donors (Lipinski definition) is 2. The van der Waals surface area contributed by atoms with Crippen LogP contribution in [0.4, 0.5) is 15.9 Å². The molecule has 0 radical (unpaired) electrons. The molecular formula is C47H55FN12O4. The first kappa shape index (κ1) is 44.0. The lowest BCUT2D eigenvalue weighted by Gasteiger charge is -2.39. The van der Waals surface area contributed by atoms with Crippen LogP contribution in [-0.2, 0) is 29.2 Å². The van der Waals surface area contributed by atoms with Crippen molar-refractivity contribution in [1.29, 1.82) is 5.26 Å². The van der Waals surface area contributed by atoms with E-state index in [1.165, 1.54) is 12.1 Å². The maximum absolute atomic E-state index is 13.9. The zero-order valence-electron chi connectivity index (χ0n) is 36.4. The van der Waals surface area contributed by atoms with Gasteiger partial charge in [0.05, 0.1) is 31.3 Å². The predicted molar refractivity (Wildman–Crippen MR) is 239 cm³/mol. The molecule has 0 aliphatic carbocycles. The molecule has 2 unspecified atom stereocenters. The fraction of sp³-hybridized carbons (Fsp3) is 0.426. The summed E-state index contributed by atoms with van der Waals surface area (Å²) < 4.78 is 23.9. The van der Waals surface area contributed by atoms with E-state index in [1.807, 2.05) is 40.7 Å². The Kier molecular flexibility index (Phi) is 13.6. The second-order valence-electron chi connectivity index (χ2n) is 16.9. The van der Waals surface area contributed by atoms with Gasteiger partial charge in [-0.25, -0.2) is 14.4 Å². The van der Waals surface area contributed by atoms with Gasteiger partial charge in [-0.05, 0) is 79.6 Å². The normalized spacial score (nSPS) is 16.9. The number of halogens is 1. The van der Waals surface area contributed by atoms with Crippen LogP contribution in [-0.4, -0.2) is 123 Å². The molecule has 3 N–H and O–H groups in total. The number of carbonyl (C=O) groups is 3. The topological polar surface area (TPSA) is 184 Å². The Bertz CT molecular complexity index is 2500. The van der Waals surface area contributed by atoms with Gasteiger partial charge in [-0.3, -0.25) is 19.2 Å². The van der Waals surface area contributed by atoms with E-state index in [0.29, 0.717) is 53.6 Å². The number of nitrogens with zero attached hydrogens (tertiary/aromatic N) is 10. The standard InChI is InChI=1S/C47H55FN12O4/c1-32(35-5-3-6-38(48)21-35)64-43-23-36(26-52-45(43)50)44-41(24-49)53-31-58(44)28-34-25-54-59(29-34)19-18-55-14-16-56(17-15-55)27-33-10-12-57(13-11-33)39-8-9-40-37(22-39)30-60(47(40)63)42(7-4-20-61)46(62)51-2/h3,5-6,8-9,20-23,25-26,29,31-33,42H,4,7,10-19,27-28,30H2,1-2H3,(H2,50,52)(H,51,62). The number of ether oxygens (including phenoxy) is 1. The summed E-state index contributed by atoms with van der Waals surface area (Å²) in [5, 5.41) is 17.2. The van der Waals surface area contributed by atoms with Gasteiger partial charge in [0.1, 0.15) is 30.3 Å². The minimum absolute atomic E-state index is 0.157. The van der Waals surface area contributed by atoms with Crippen LogP contribution in [0.15, 0.2) is 73.4 Å². The number of anilines is 2. The van der Waals surface area contributed by atoms with Gasteiger partial charge in [-0.1, -0.05) is 12.1 Å². The Morgan fingerprint density at radius 2 is 1.84 bits per heavy atom. The van der Waals surface area contributed by atoms with Crippen molar-refractivity contribution < 1.29 is 23.5 Å². The lowest BCUT2D eigenvalue weighted by Crippen LogP contribution is -2.49. The lowest BCUT2D eigenvalue weighted by molar-refractivity contribution is -0.125. The number of benzene rings is 2. The largest absolute Gasteiger partial charge is 0.482 e. The third kappa shape index (κ3) is 9.93. The van der Waals surface area contributed by atoms with Crippen LogP contribution >= 0.6 is 0 Å². The Balaban J connectivity index is 0.787. The summed E-state index contributed by atoms with van der Waals surface area (Å²) >= 11 is 0. The van der Waals surface area contributed by atoms with Gasteiger partial charge in [-0.15, -0.1) is 0 Å². The molecule has 17 heteroatoms. The number of amides is 2. The average molecular weight is 871 g/mol. The molecule has 5 aromatic rings. The summed E-state index contributed by atoms with van der Waals surface area (Å²) in [6.45, 7) is 11.4. The summed E-state index contributed by atoms with van der Waals surface area (Å²) in [4.78, 5) is 54.7. The van der Waals surface area contributed by atoms with Crippen LogP contribution in [0, 0.1) is 23.1 Å². The highest BCUT2D eigenvalue weighted by atomic mass is 19.1. The first-order chi connectivity index (χ1) is 31.1. The molecule has 8 rings (SSSR count). The number of carbonyl (C=O) groups excluding carboxylic acids is 3. The van der Waals surface area contributed by atoms with Crippen molar-refractivity contribution in [3.05, 3.63) is 107 Å². The molecule has 0 bridgehead atoms. The van der Waals surface area contributed by atoms with Gasteiger partial charge in [0.2, 0.25) is 5.91 Å². The van der Waals surface area contributed by atoms with Gasteiger partial charge >= 0.3 is 0 Å². The predicted octanol–water partition coefficient (Wildman–Crippen LogP) is 4.51. The second-order valence-corrected chi connectivity index (χ2v) is 16.9. The zero-order chi connectivity index (χ0) is 44.7. The van der Waals surface area contributed by atoms with E-state index in [2.05, 4.69) is 47.2 Å². The number of pyridine rings is 1. The van der Waals surface area contributed by atoms with Crippen LogP contribution in [0.5, 0.6) is 5.75 Å². The Morgan fingerprint density at radius 1 is 1.05 bits per heavy atom. The maximum Gasteiger partial charge on any atom is 0.255 e. The number of piperidine rings is 1. The molecule has 3 aliphatic rings. The number of aromatic nitrogens is 5. The molecule has 334 valence electrons. The van der Waals surface area contributed by atoms with Crippen molar-refractivity contribution in [2.45, 2.75) is 64.4 Å². The number of aldehydes is 1. The number of piperazine rings is 1. The van der Waals surface area contributed by atoms with E-state index < -0.39 is 12.1 Å². The van der Waals surface area contributed by atoms with Gasteiger partial charge in [0.25, 0.3) is 5.91 Å². The van der Waals surface area contributed by atoms with Crippen molar-refractivity contribution in [2.24, 2.45) is 5.92 Å². The first-order valence-corrected chi connectivity index (χ1v) is 22.0. The van der Waals surface area contributed by atoms with Crippen molar-refractivity contribution in [1.82, 2.24) is 44.3 Å². The maximum atomic E-state index is 13.9. The SMILES string of the molecule is CNC(=O)C(CCC=O)N1Cc2cc(N3CCC(CN4CCN(CCn5cc(Cn6cnc(C#N)c6-c6cnc(N)c(OC(C)c7cccc(F)c7)c6)cn5)CC4)CC3)ccc2C1=O. The Morgan fingerprint density at radius 3 is 2.59 bits per heavy atom. The molecule has 2 aromatic carbocycles. The number of nitrogens with two attached hydrogens (primary N) is 1. The summed E-state index contributed by atoms with van der Waals surface area (Å²) in [6.07, 6.45) is 10.2. The molecule has 2 saturated heterocycles. The number of rotatable bonds is 17. The lowest BCUT2D eigenvalue weighted by atomic mass is 9.95. The van der Waals surface area contributed by atoms with E-state index in [1.54, 1.807) is 42.7 Å². The minimum Gasteiger partial charge on any atom is -0.482 e. The fourth-order valence-electron chi connectivity index (χ4n) is 9.17. The molecule has 2 atom stereocenters. The van der Waals surface area contributed by atoms with Crippen molar-refractivity contribution in [3.8, 4) is 23.1 Å². The van der Waals surface area contributed by atoms with E-state index >= 15 is 0 Å². The van der Waals surface area contributed by atoms with Crippen LogP contribution in [0.25, 0.3) is 11.3 Å². The van der Waals surface area contributed by atoms with Crippen LogP contribution in [0.2, 0.25) is 0 Å². The Labute approximate surface area is 372 Å². The van der Waals surface area contributed by atoms with Gasteiger partial charge in [0.15, 0.2) is 17.3 Å². The molecule has 2 amide bonds. The highest BCUT2D eigenvalue weighted by Gasteiger charge is 2.36. The second kappa shape index (κ2) is 19.8. The third-order valence-corrected chi connectivity index (χ3v) is 12.8. The van der Waals surface area contributed by atoms with Crippen LogP contribution < -0.4 is 20.7 Å².